The molecule has 2 unspecified atom stereocenters. The summed E-state index contributed by atoms with van der Waals surface area (Å²) in [5.41, 5.74) is 6.88. The molecular weight excluding hydrogens is 370 g/mol. The number of benzene rings is 1. The van der Waals surface area contributed by atoms with Crippen LogP contribution in [0.15, 0.2) is 28.7 Å². The molecule has 2 amide bonds. The predicted octanol–water partition coefficient (Wildman–Crippen LogP) is 2.39. The number of rotatable bonds is 2. The van der Waals surface area contributed by atoms with Crippen LogP contribution < -0.4 is 10.6 Å². The van der Waals surface area contributed by atoms with Gasteiger partial charge in [0.05, 0.1) is 0 Å². The minimum absolute atomic E-state index is 0.0440. The van der Waals surface area contributed by atoms with E-state index < -0.39 is 5.92 Å². The fraction of sp³-hybridized carbons (Fsp3) is 0.556. The molecule has 6 heteroatoms. The third kappa shape index (κ3) is 3.22. The number of amides is 2. The summed E-state index contributed by atoms with van der Waals surface area (Å²) in [7, 11) is 0. The summed E-state index contributed by atoms with van der Waals surface area (Å²) in [5, 5.41) is 0. The summed E-state index contributed by atoms with van der Waals surface area (Å²) >= 11 is 3.43. The van der Waals surface area contributed by atoms with Crippen molar-refractivity contribution in [3.8, 4) is 0 Å². The molecule has 3 rings (SSSR count). The molecule has 0 spiro atoms. The van der Waals surface area contributed by atoms with Gasteiger partial charge in [-0.15, -0.1) is 0 Å². The first-order chi connectivity index (χ1) is 11.3. The van der Waals surface area contributed by atoms with E-state index in [1.807, 2.05) is 29.2 Å². The molecule has 24 heavy (non-hydrogen) atoms. The number of piperidine rings is 1. The highest BCUT2D eigenvalue weighted by Crippen LogP contribution is 2.32. The highest BCUT2D eigenvalue weighted by atomic mass is 79.9. The van der Waals surface area contributed by atoms with Crippen molar-refractivity contribution in [2.24, 2.45) is 17.1 Å². The maximum Gasteiger partial charge on any atom is 0.239 e. The fourth-order valence-corrected chi connectivity index (χ4v) is 3.98. The Morgan fingerprint density at radius 1 is 1.29 bits per heavy atom. The second-order valence-corrected chi connectivity index (χ2v) is 8.37. The number of carbonyl (C=O) groups is 2. The quantitative estimate of drug-likeness (QED) is 0.784. The molecule has 1 aromatic rings. The number of nitrogens with two attached hydrogens (primary N) is 1. The largest absolute Gasteiger partial charge is 0.341 e. The summed E-state index contributed by atoms with van der Waals surface area (Å²) in [6.07, 6.45) is 1.36. The lowest BCUT2D eigenvalue weighted by Crippen LogP contribution is -2.55. The van der Waals surface area contributed by atoms with Crippen LogP contribution in [0, 0.1) is 11.3 Å². The van der Waals surface area contributed by atoms with E-state index in [-0.39, 0.29) is 23.3 Å². The molecule has 0 aliphatic carbocycles. The van der Waals surface area contributed by atoms with Gasteiger partial charge in [-0.1, -0.05) is 35.8 Å². The van der Waals surface area contributed by atoms with Gasteiger partial charge in [0.25, 0.3) is 0 Å². The number of hydrogen-bond acceptors (Lipinski definition) is 3. The second kappa shape index (κ2) is 6.48. The molecule has 2 aliphatic heterocycles. The maximum atomic E-state index is 12.9. The standard InChI is InChI=1S/C18H24BrN3O2/c1-18(2)11-21(8-7-15(18)20)16(23)14-6-9-22(17(14)24)13-5-3-4-12(19)10-13/h3-5,10,14-15H,6-9,11,20H2,1-2H3. The van der Waals surface area contributed by atoms with Crippen molar-refractivity contribution in [1.82, 2.24) is 4.90 Å². The molecule has 0 saturated carbocycles. The van der Waals surface area contributed by atoms with E-state index in [2.05, 4.69) is 29.8 Å². The summed E-state index contributed by atoms with van der Waals surface area (Å²) in [6.45, 7) is 6.02. The topological polar surface area (TPSA) is 66.6 Å². The Morgan fingerprint density at radius 2 is 2.04 bits per heavy atom. The highest BCUT2D eigenvalue weighted by molar-refractivity contribution is 9.10. The molecule has 0 bridgehead atoms. The van der Waals surface area contributed by atoms with Gasteiger partial charge in [-0.25, -0.2) is 0 Å². The van der Waals surface area contributed by atoms with E-state index in [0.717, 1.165) is 16.6 Å². The van der Waals surface area contributed by atoms with E-state index >= 15 is 0 Å². The van der Waals surface area contributed by atoms with Crippen molar-refractivity contribution in [1.29, 1.82) is 0 Å². The van der Waals surface area contributed by atoms with Crippen LogP contribution in [0.5, 0.6) is 0 Å². The zero-order chi connectivity index (χ0) is 17.5. The lowest BCUT2D eigenvalue weighted by atomic mass is 9.79. The van der Waals surface area contributed by atoms with Crippen molar-refractivity contribution in [3.05, 3.63) is 28.7 Å². The van der Waals surface area contributed by atoms with Crippen LogP contribution in [0.3, 0.4) is 0 Å². The zero-order valence-corrected chi connectivity index (χ0v) is 15.8. The fourth-order valence-electron chi connectivity index (χ4n) is 3.59. The van der Waals surface area contributed by atoms with Crippen LogP contribution in [-0.4, -0.2) is 42.4 Å². The Kier molecular flexibility index (Phi) is 4.71. The highest BCUT2D eigenvalue weighted by Gasteiger charge is 2.43. The molecule has 2 fully saturated rings. The second-order valence-electron chi connectivity index (χ2n) is 7.45. The summed E-state index contributed by atoms with van der Waals surface area (Å²) in [6, 6.07) is 7.73. The number of hydrogen-bond donors (Lipinski definition) is 1. The van der Waals surface area contributed by atoms with Gasteiger partial charge < -0.3 is 15.5 Å². The Hall–Kier alpha value is -1.40. The Bertz CT molecular complexity index is 661. The van der Waals surface area contributed by atoms with Crippen molar-refractivity contribution >= 4 is 33.4 Å². The average Bonchev–Trinajstić information content (AvgIpc) is 2.91. The minimum atomic E-state index is -0.561. The van der Waals surface area contributed by atoms with Crippen molar-refractivity contribution < 1.29 is 9.59 Å². The normalized spacial score (nSPS) is 26.8. The maximum absolute atomic E-state index is 12.9. The van der Waals surface area contributed by atoms with Crippen LogP contribution >= 0.6 is 15.9 Å². The van der Waals surface area contributed by atoms with E-state index in [0.29, 0.717) is 26.1 Å². The van der Waals surface area contributed by atoms with Gasteiger partial charge in [-0.2, -0.15) is 0 Å². The number of carbonyl (C=O) groups excluding carboxylic acids is 2. The Morgan fingerprint density at radius 3 is 2.71 bits per heavy atom. The van der Waals surface area contributed by atoms with Crippen LogP contribution in [0.1, 0.15) is 26.7 Å². The average molecular weight is 394 g/mol. The van der Waals surface area contributed by atoms with Crippen molar-refractivity contribution in [3.63, 3.8) is 0 Å². The van der Waals surface area contributed by atoms with Crippen LogP contribution in [0.2, 0.25) is 0 Å². The molecule has 0 aromatic heterocycles. The van der Waals surface area contributed by atoms with Gasteiger partial charge in [0.15, 0.2) is 0 Å². The van der Waals surface area contributed by atoms with E-state index in [1.54, 1.807) is 4.90 Å². The third-order valence-electron chi connectivity index (χ3n) is 5.25. The van der Waals surface area contributed by atoms with Gasteiger partial charge in [-0.3, -0.25) is 9.59 Å². The number of halogens is 1. The smallest absolute Gasteiger partial charge is 0.239 e. The van der Waals surface area contributed by atoms with Gasteiger partial charge >= 0.3 is 0 Å². The summed E-state index contributed by atoms with van der Waals surface area (Å²) in [4.78, 5) is 29.2. The molecule has 2 heterocycles. The lowest BCUT2D eigenvalue weighted by Gasteiger charge is -2.43. The van der Waals surface area contributed by atoms with Crippen molar-refractivity contribution in [2.45, 2.75) is 32.7 Å². The molecule has 2 N–H and O–H groups in total. The van der Waals surface area contributed by atoms with Crippen molar-refractivity contribution in [2.75, 3.05) is 24.5 Å². The number of nitrogens with zero attached hydrogens (tertiary/aromatic N) is 2. The molecule has 0 radical (unpaired) electrons. The lowest BCUT2D eigenvalue weighted by molar-refractivity contribution is -0.142. The Labute approximate surface area is 151 Å². The van der Waals surface area contributed by atoms with E-state index in [4.69, 9.17) is 5.73 Å². The first-order valence-corrected chi connectivity index (χ1v) is 9.20. The first-order valence-electron chi connectivity index (χ1n) is 8.41. The van der Waals surface area contributed by atoms with E-state index in [9.17, 15) is 9.59 Å². The predicted molar refractivity (Wildman–Crippen MR) is 97.6 cm³/mol. The van der Waals surface area contributed by atoms with Crippen LogP contribution in [0.25, 0.3) is 0 Å². The summed E-state index contributed by atoms with van der Waals surface area (Å²) in [5.74, 6) is -0.697. The molecular formula is C18H24BrN3O2. The SMILES string of the molecule is CC1(C)CN(C(=O)C2CCN(c3cccc(Br)c3)C2=O)CCC1N. The van der Waals surface area contributed by atoms with Gasteiger partial charge in [0.1, 0.15) is 5.92 Å². The number of anilines is 1. The molecule has 5 nitrogen and oxygen atoms in total. The molecule has 2 aliphatic rings. The van der Waals surface area contributed by atoms with Gasteiger partial charge in [0.2, 0.25) is 11.8 Å². The molecule has 2 saturated heterocycles. The number of likely N-dealkylation sites (tertiary alicyclic amines) is 1. The molecule has 2 atom stereocenters. The third-order valence-corrected chi connectivity index (χ3v) is 5.74. The Balaban J connectivity index is 1.72. The zero-order valence-electron chi connectivity index (χ0n) is 14.2. The minimum Gasteiger partial charge on any atom is -0.341 e. The van der Waals surface area contributed by atoms with Crippen LogP contribution in [0.4, 0.5) is 5.69 Å². The first kappa shape index (κ1) is 17.4. The van der Waals surface area contributed by atoms with E-state index in [1.165, 1.54) is 0 Å². The van der Waals surface area contributed by atoms with Gasteiger partial charge in [-0.05, 0) is 36.5 Å². The van der Waals surface area contributed by atoms with Gasteiger partial charge in [0, 0.05) is 35.8 Å². The molecule has 130 valence electrons. The monoisotopic (exact) mass is 393 g/mol. The van der Waals surface area contributed by atoms with Crippen LogP contribution in [-0.2, 0) is 9.59 Å². The summed E-state index contributed by atoms with van der Waals surface area (Å²) < 4.78 is 0.925. The molecule has 1 aromatic carbocycles.